The average molecular weight is 319 g/mol. The summed E-state index contributed by atoms with van der Waals surface area (Å²) in [7, 11) is 0. The van der Waals surface area contributed by atoms with Gasteiger partial charge < -0.3 is 0 Å². The van der Waals surface area contributed by atoms with Gasteiger partial charge in [-0.1, -0.05) is 61.8 Å². The smallest absolute Gasteiger partial charge is 0.00537 e. The Balaban J connectivity index is 1.72. The minimum absolute atomic E-state index is 0.611. The molecule has 0 saturated heterocycles. The number of aryl methyl sites for hydroxylation is 2. The second-order valence-corrected chi connectivity index (χ2v) is 7.89. The van der Waals surface area contributed by atoms with Crippen molar-refractivity contribution in [3.63, 3.8) is 0 Å². The summed E-state index contributed by atoms with van der Waals surface area (Å²) in [6.45, 7) is 9.35. The van der Waals surface area contributed by atoms with Gasteiger partial charge >= 0.3 is 0 Å². The number of fused-ring (bicyclic) bond motifs is 2. The largest absolute Gasteiger partial charge is 0.0735 e. The second-order valence-electron chi connectivity index (χ2n) is 7.89. The fraction of sp³-hybridized carbons (Fsp3) is 0.500. The van der Waals surface area contributed by atoms with E-state index in [2.05, 4.69) is 52.0 Å². The maximum absolute atomic E-state index is 2.57. The Morgan fingerprint density at radius 2 is 1.71 bits per heavy atom. The van der Waals surface area contributed by atoms with Gasteiger partial charge in [-0.15, -0.1) is 0 Å². The molecule has 0 bridgehead atoms. The SMILES string of the molecule is CCc1ccc(C2=CC3=C(CCC4=C(C)CCC34)C2C)cc1CC. The van der Waals surface area contributed by atoms with Gasteiger partial charge in [-0.3, -0.25) is 0 Å². The predicted molar refractivity (Wildman–Crippen MR) is 104 cm³/mol. The molecule has 0 heterocycles. The monoisotopic (exact) mass is 318 g/mol. The molecule has 0 radical (unpaired) electrons. The summed E-state index contributed by atoms with van der Waals surface area (Å²) in [5.41, 5.74) is 13.0. The van der Waals surface area contributed by atoms with E-state index >= 15 is 0 Å². The zero-order valence-electron chi connectivity index (χ0n) is 15.7. The van der Waals surface area contributed by atoms with E-state index in [-0.39, 0.29) is 0 Å². The Kier molecular flexibility index (Phi) is 4.03. The van der Waals surface area contributed by atoms with Gasteiger partial charge in [-0.05, 0) is 73.3 Å². The van der Waals surface area contributed by atoms with Crippen LogP contribution in [-0.4, -0.2) is 0 Å². The van der Waals surface area contributed by atoms with Gasteiger partial charge in [0.1, 0.15) is 0 Å². The van der Waals surface area contributed by atoms with Gasteiger partial charge in [-0.2, -0.15) is 0 Å². The van der Waals surface area contributed by atoms with Crippen LogP contribution in [0.15, 0.2) is 46.6 Å². The summed E-state index contributed by atoms with van der Waals surface area (Å²) >= 11 is 0. The van der Waals surface area contributed by atoms with Gasteiger partial charge in [0.15, 0.2) is 0 Å². The molecule has 0 spiro atoms. The van der Waals surface area contributed by atoms with Gasteiger partial charge in [0.05, 0.1) is 0 Å². The van der Waals surface area contributed by atoms with Gasteiger partial charge in [0.25, 0.3) is 0 Å². The Morgan fingerprint density at radius 3 is 2.46 bits per heavy atom. The fourth-order valence-electron chi connectivity index (χ4n) is 5.31. The number of hydrogen-bond acceptors (Lipinski definition) is 0. The minimum atomic E-state index is 0.611. The normalized spacial score (nSPS) is 25.9. The van der Waals surface area contributed by atoms with Crippen LogP contribution in [0.5, 0.6) is 0 Å². The topological polar surface area (TPSA) is 0 Å². The van der Waals surface area contributed by atoms with E-state index in [1.165, 1.54) is 42.4 Å². The summed E-state index contributed by atoms with van der Waals surface area (Å²) < 4.78 is 0. The van der Waals surface area contributed by atoms with Crippen molar-refractivity contribution in [1.82, 2.24) is 0 Å². The first kappa shape index (κ1) is 15.9. The molecule has 4 rings (SSSR count). The molecule has 0 heteroatoms. The first-order valence-corrected chi connectivity index (χ1v) is 9.89. The van der Waals surface area contributed by atoms with E-state index in [4.69, 9.17) is 0 Å². The molecule has 2 unspecified atom stereocenters. The summed E-state index contributed by atoms with van der Waals surface area (Å²) in [5.74, 6) is 1.36. The molecule has 0 aromatic heterocycles. The number of allylic oxidation sites excluding steroid dienone is 6. The lowest BCUT2D eigenvalue weighted by Gasteiger charge is -2.26. The fourth-order valence-corrected chi connectivity index (χ4v) is 5.31. The number of benzene rings is 1. The minimum Gasteiger partial charge on any atom is -0.0735 e. The highest BCUT2D eigenvalue weighted by Gasteiger charge is 2.36. The highest BCUT2D eigenvalue weighted by molar-refractivity contribution is 5.78. The van der Waals surface area contributed by atoms with Crippen molar-refractivity contribution in [2.45, 2.75) is 66.2 Å². The Labute approximate surface area is 147 Å². The molecule has 1 aromatic rings. The van der Waals surface area contributed by atoms with Crippen LogP contribution >= 0.6 is 0 Å². The maximum Gasteiger partial charge on any atom is 0.00537 e. The van der Waals surface area contributed by atoms with Crippen LogP contribution in [-0.2, 0) is 12.8 Å². The number of hydrogen-bond donors (Lipinski definition) is 0. The van der Waals surface area contributed by atoms with Crippen LogP contribution in [0.3, 0.4) is 0 Å². The van der Waals surface area contributed by atoms with Crippen LogP contribution in [0.25, 0.3) is 5.57 Å². The highest BCUT2D eigenvalue weighted by atomic mass is 14.4. The molecule has 0 N–H and O–H groups in total. The summed E-state index contributed by atoms with van der Waals surface area (Å²) in [6.07, 6.45) is 10.1. The van der Waals surface area contributed by atoms with E-state index in [9.17, 15) is 0 Å². The van der Waals surface area contributed by atoms with Gasteiger partial charge in [0, 0.05) is 11.8 Å². The van der Waals surface area contributed by atoms with Crippen molar-refractivity contribution in [3.05, 3.63) is 63.3 Å². The van der Waals surface area contributed by atoms with E-state index in [1.54, 1.807) is 27.9 Å². The van der Waals surface area contributed by atoms with Crippen LogP contribution in [0.4, 0.5) is 0 Å². The van der Waals surface area contributed by atoms with Crippen LogP contribution in [0.1, 0.15) is 70.1 Å². The van der Waals surface area contributed by atoms with E-state index < -0.39 is 0 Å². The third-order valence-electron chi connectivity index (χ3n) is 6.79. The molecule has 0 saturated carbocycles. The molecular weight excluding hydrogens is 288 g/mol. The molecule has 3 aliphatic carbocycles. The molecule has 126 valence electrons. The van der Waals surface area contributed by atoms with Gasteiger partial charge in [0.2, 0.25) is 0 Å². The lowest BCUT2D eigenvalue weighted by molar-refractivity contribution is 0.622. The summed E-state index contributed by atoms with van der Waals surface area (Å²) in [6, 6.07) is 7.20. The Morgan fingerprint density at radius 1 is 0.958 bits per heavy atom. The first-order valence-electron chi connectivity index (χ1n) is 9.89. The van der Waals surface area contributed by atoms with Gasteiger partial charge in [-0.25, -0.2) is 0 Å². The standard InChI is InChI=1S/C24H30/c1-5-17-8-9-19(13-18(17)6-2)23-14-24-21(16(23)4)12-11-20-15(3)7-10-22(20)24/h8-9,13-14,16,22H,5-7,10-12H2,1-4H3. The maximum atomic E-state index is 2.57. The van der Waals surface area contributed by atoms with Crippen LogP contribution < -0.4 is 0 Å². The summed E-state index contributed by atoms with van der Waals surface area (Å²) in [4.78, 5) is 0. The van der Waals surface area contributed by atoms with E-state index in [0.717, 1.165) is 18.8 Å². The third kappa shape index (κ3) is 2.34. The molecular formula is C24H30. The van der Waals surface area contributed by atoms with Crippen LogP contribution in [0, 0.1) is 11.8 Å². The second kappa shape index (κ2) is 6.06. The molecule has 24 heavy (non-hydrogen) atoms. The van der Waals surface area contributed by atoms with Crippen LogP contribution in [0.2, 0.25) is 0 Å². The lowest BCUT2D eigenvalue weighted by Crippen LogP contribution is -2.11. The predicted octanol–water partition coefficient (Wildman–Crippen LogP) is 6.66. The third-order valence-corrected chi connectivity index (χ3v) is 6.79. The Bertz CT molecular complexity index is 769. The zero-order valence-corrected chi connectivity index (χ0v) is 15.7. The zero-order chi connectivity index (χ0) is 16.8. The number of rotatable bonds is 3. The van der Waals surface area contributed by atoms with Crippen molar-refractivity contribution >= 4 is 5.57 Å². The van der Waals surface area contributed by atoms with Crippen molar-refractivity contribution in [2.75, 3.05) is 0 Å². The molecule has 0 amide bonds. The van der Waals surface area contributed by atoms with E-state index in [1.807, 2.05) is 0 Å². The van der Waals surface area contributed by atoms with Crippen molar-refractivity contribution in [2.24, 2.45) is 11.8 Å². The Hall–Kier alpha value is -1.56. The molecule has 0 nitrogen and oxygen atoms in total. The summed E-state index contributed by atoms with van der Waals surface area (Å²) in [5, 5.41) is 0. The molecule has 2 atom stereocenters. The lowest BCUT2D eigenvalue weighted by atomic mass is 9.79. The molecule has 1 aromatic carbocycles. The van der Waals surface area contributed by atoms with Crippen molar-refractivity contribution < 1.29 is 0 Å². The van der Waals surface area contributed by atoms with E-state index in [0.29, 0.717) is 5.92 Å². The van der Waals surface area contributed by atoms with Crippen molar-refractivity contribution in [1.29, 1.82) is 0 Å². The average Bonchev–Trinajstić information content (AvgIpc) is 3.15. The molecule has 0 fully saturated rings. The quantitative estimate of drug-likeness (QED) is 0.546. The highest BCUT2D eigenvalue weighted by Crippen LogP contribution is 2.52. The van der Waals surface area contributed by atoms with Crippen molar-refractivity contribution in [3.8, 4) is 0 Å². The molecule has 0 aliphatic heterocycles. The first-order chi connectivity index (χ1) is 11.6. The molecule has 3 aliphatic rings.